The zero-order chi connectivity index (χ0) is 25.5. The number of allylic oxidation sites excluding steroid dienone is 1. The van der Waals surface area contributed by atoms with Crippen LogP contribution in [0.25, 0.3) is 0 Å². The number of fused-ring (bicyclic) bond motifs is 5. The van der Waals surface area contributed by atoms with Gasteiger partial charge >= 0.3 is 11.9 Å². The van der Waals surface area contributed by atoms with Gasteiger partial charge < -0.3 is 20.3 Å². The standard InChI is InChI=1S/C27H39NO7/c1-15(29)24(25(33)34)28-22(31)8-9-23(32)35-21-7-6-19-18-5-4-16-14-17(30)10-12-26(16,2)20(18)11-13-27(19,21)3/h14-15,18-21,24,29H,4-13H2,1-3H3,(H,28,31)(H,33,34)/t15?,18?,19?,20?,21?,24?,26-,27-/m0/s1. The van der Waals surface area contributed by atoms with Gasteiger partial charge in [0.2, 0.25) is 5.91 Å². The number of hydrogen-bond donors (Lipinski definition) is 3. The van der Waals surface area contributed by atoms with Gasteiger partial charge in [-0.15, -0.1) is 0 Å². The van der Waals surface area contributed by atoms with E-state index >= 15 is 0 Å². The summed E-state index contributed by atoms with van der Waals surface area (Å²) in [6, 6.07) is -1.40. The van der Waals surface area contributed by atoms with Gasteiger partial charge in [-0.3, -0.25) is 14.4 Å². The summed E-state index contributed by atoms with van der Waals surface area (Å²) in [6.45, 7) is 5.90. The van der Waals surface area contributed by atoms with Crippen LogP contribution in [-0.4, -0.2) is 52.1 Å². The van der Waals surface area contributed by atoms with Crippen molar-refractivity contribution in [2.45, 2.75) is 103 Å². The van der Waals surface area contributed by atoms with Crippen LogP contribution in [0.1, 0.15) is 85.0 Å². The van der Waals surface area contributed by atoms with Gasteiger partial charge in [0.1, 0.15) is 6.10 Å². The second kappa shape index (κ2) is 9.68. The first kappa shape index (κ1) is 25.9. The van der Waals surface area contributed by atoms with Crippen molar-refractivity contribution in [1.82, 2.24) is 5.32 Å². The molecule has 4 rings (SSSR count). The predicted molar refractivity (Wildman–Crippen MR) is 127 cm³/mol. The van der Waals surface area contributed by atoms with Crippen LogP contribution in [0.5, 0.6) is 0 Å². The topological polar surface area (TPSA) is 130 Å². The maximum Gasteiger partial charge on any atom is 0.328 e. The number of aliphatic carboxylic acids is 1. The van der Waals surface area contributed by atoms with Crippen LogP contribution in [0.15, 0.2) is 11.6 Å². The monoisotopic (exact) mass is 489 g/mol. The zero-order valence-corrected chi connectivity index (χ0v) is 21.0. The summed E-state index contributed by atoms with van der Waals surface area (Å²) < 4.78 is 5.92. The quantitative estimate of drug-likeness (QED) is 0.468. The lowest BCUT2D eigenvalue weighted by Crippen LogP contribution is -2.51. The molecule has 8 atom stereocenters. The number of hydrogen-bond acceptors (Lipinski definition) is 6. The van der Waals surface area contributed by atoms with E-state index in [1.54, 1.807) is 0 Å². The number of carbonyl (C=O) groups is 4. The summed E-state index contributed by atoms with van der Waals surface area (Å²) in [7, 11) is 0. The molecule has 0 spiro atoms. The Hall–Kier alpha value is -2.22. The Morgan fingerprint density at radius 2 is 1.83 bits per heavy atom. The molecule has 3 fully saturated rings. The van der Waals surface area contributed by atoms with Crippen molar-refractivity contribution in [3.8, 4) is 0 Å². The van der Waals surface area contributed by atoms with E-state index in [0.29, 0.717) is 24.2 Å². The molecule has 194 valence electrons. The first-order valence-electron chi connectivity index (χ1n) is 13.1. The molecule has 35 heavy (non-hydrogen) atoms. The molecule has 0 aromatic carbocycles. The fourth-order valence-corrected chi connectivity index (χ4v) is 7.77. The summed E-state index contributed by atoms with van der Waals surface area (Å²) in [5.41, 5.74) is 1.38. The van der Waals surface area contributed by atoms with Gasteiger partial charge in [0.05, 0.1) is 12.5 Å². The van der Waals surface area contributed by atoms with Crippen molar-refractivity contribution in [2.75, 3.05) is 0 Å². The lowest BCUT2D eigenvalue weighted by atomic mass is 9.47. The number of rotatable bonds is 7. The van der Waals surface area contributed by atoms with E-state index in [1.807, 2.05) is 6.08 Å². The van der Waals surface area contributed by atoms with E-state index in [4.69, 9.17) is 9.84 Å². The fraction of sp³-hybridized carbons (Fsp3) is 0.778. The largest absolute Gasteiger partial charge is 0.480 e. The SMILES string of the molecule is CC(O)C(NC(=O)CCC(=O)OC1CCC2C3CCC4=CC(=O)CC[C@]4(C)C3CC[C@]12C)C(=O)O. The van der Waals surface area contributed by atoms with Crippen LogP contribution in [0.3, 0.4) is 0 Å². The first-order valence-corrected chi connectivity index (χ1v) is 13.1. The molecule has 8 heteroatoms. The highest BCUT2D eigenvalue weighted by Gasteiger charge is 2.59. The number of amides is 1. The highest BCUT2D eigenvalue weighted by Crippen LogP contribution is 2.65. The number of esters is 1. The summed E-state index contributed by atoms with van der Waals surface area (Å²) >= 11 is 0. The third kappa shape index (κ3) is 4.78. The van der Waals surface area contributed by atoms with E-state index in [9.17, 15) is 24.3 Å². The maximum absolute atomic E-state index is 12.6. The van der Waals surface area contributed by atoms with Gasteiger partial charge in [0.15, 0.2) is 11.8 Å². The summed E-state index contributed by atoms with van der Waals surface area (Å²) in [5, 5.41) is 20.8. The predicted octanol–water partition coefficient (Wildman–Crippen LogP) is 3.16. The molecule has 4 aliphatic carbocycles. The molecule has 8 nitrogen and oxygen atoms in total. The molecule has 6 unspecified atom stereocenters. The second-order valence-electron chi connectivity index (χ2n) is 11.7. The number of nitrogens with one attached hydrogen (secondary N) is 1. The Kier molecular flexibility index (Phi) is 7.15. The Morgan fingerprint density at radius 3 is 2.51 bits per heavy atom. The van der Waals surface area contributed by atoms with Crippen LogP contribution in [-0.2, 0) is 23.9 Å². The van der Waals surface area contributed by atoms with E-state index in [0.717, 1.165) is 44.9 Å². The van der Waals surface area contributed by atoms with Crippen molar-refractivity contribution in [3.05, 3.63) is 11.6 Å². The van der Waals surface area contributed by atoms with Gasteiger partial charge in [0.25, 0.3) is 0 Å². The Balaban J connectivity index is 1.35. The molecule has 0 saturated heterocycles. The van der Waals surface area contributed by atoms with Crippen molar-refractivity contribution in [2.24, 2.45) is 28.6 Å². The van der Waals surface area contributed by atoms with E-state index < -0.39 is 30.0 Å². The van der Waals surface area contributed by atoms with Crippen molar-refractivity contribution >= 4 is 23.6 Å². The number of carbonyl (C=O) groups excluding carboxylic acids is 3. The Bertz CT molecular complexity index is 926. The van der Waals surface area contributed by atoms with E-state index in [-0.39, 0.29) is 35.6 Å². The van der Waals surface area contributed by atoms with Crippen LogP contribution < -0.4 is 5.32 Å². The summed E-state index contributed by atoms with van der Waals surface area (Å²) in [5.74, 6) is -0.463. The number of ether oxygens (including phenoxy) is 1. The first-order chi connectivity index (χ1) is 16.5. The fourth-order valence-electron chi connectivity index (χ4n) is 7.77. The molecule has 0 aliphatic heterocycles. The van der Waals surface area contributed by atoms with Crippen LogP contribution in [0.4, 0.5) is 0 Å². The summed E-state index contributed by atoms with van der Waals surface area (Å²) in [4.78, 5) is 47.9. The smallest absolute Gasteiger partial charge is 0.328 e. The number of carboxylic acids is 1. The lowest BCUT2D eigenvalue weighted by molar-refractivity contribution is -0.160. The lowest BCUT2D eigenvalue weighted by Gasteiger charge is -2.57. The number of ketones is 1. The minimum Gasteiger partial charge on any atom is -0.480 e. The third-order valence-electron chi connectivity index (χ3n) is 9.77. The number of aliphatic hydroxyl groups is 1. The molecule has 3 saturated carbocycles. The van der Waals surface area contributed by atoms with Crippen LogP contribution in [0, 0.1) is 28.6 Å². The third-order valence-corrected chi connectivity index (χ3v) is 9.77. The Labute approximate surface area is 206 Å². The average molecular weight is 490 g/mol. The molecule has 3 N–H and O–H groups in total. The van der Waals surface area contributed by atoms with Gasteiger partial charge in [0, 0.05) is 18.3 Å². The molecule has 0 heterocycles. The van der Waals surface area contributed by atoms with Crippen LogP contribution >= 0.6 is 0 Å². The van der Waals surface area contributed by atoms with Gasteiger partial charge in [-0.1, -0.05) is 19.4 Å². The van der Waals surface area contributed by atoms with Crippen molar-refractivity contribution < 1.29 is 34.1 Å². The average Bonchev–Trinajstić information content (AvgIpc) is 3.12. The van der Waals surface area contributed by atoms with Gasteiger partial charge in [-0.05, 0) is 81.1 Å². The normalized spacial score (nSPS) is 37.7. The van der Waals surface area contributed by atoms with E-state index in [2.05, 4.69) is 19.2 Å². The maximum atomic E-state index is 12.6. The number of aliphatic hydroxyl groups excluding tert-OH is 1. The molecular weight excluding hydrogens is 450 g/mol. The molecule has 1 amide bonds. The molecule has 4 aliphatic rings. The second-order valence-corrected chi connectivity index (χ2v) is 11.7. The molecule has 0 bridgehead atoms. The van der Waals surface area contributed by atoms with Crippen LogP contribution in [0.2, 0.25) is 0 Å². The zero-order valence-electron chi connectivity index (χ0n) is 21.0. The van der Waals surface area contributed by atoms with Gasteiger partial charge in [-0.25, -0.2) is 4.79 Å². The Morgan fingerprint density at radius 1 is 1.09 bits per heavy atom. The molecule has 0 radical (unpaired) electrons. The molecule has 0 aromatic rings. The minimum absolute atomic E-state index is 0.0815. The highest BCUT2D eigenvalue weighted by atomic mass is 16.5. The minimum atomic E-state index is -1.40. The van der Waals surface area contributed by atoms with Crippen molar-refractivity contribution in [3.63, 3.8) is 0 Å². The van der Waals surface area contributed by atoms with Crippen molar-refractivity contribution in [1.29, 1.82) is 0 Å². The highest BCUT2D eigenvalue weighted by molar-refractivity contribution is 5.91. The van der Waals surface area contributed by atoms with E-state index in [1.165, 1.54) is 12.5 Å². The summed E-state index contributed by atoms with van der Waals surface area (Å²) in [6.07, 6.45) is 7.78. The molecular formula is C27H39NO7. The number of carboxylic acid groups (broad SMARTS) is 1. The van der Waals surface area contributed by atoms with Gasteiger partial charge in [-0.2, -0.15) is 0 Å². The molecule has 0 aromatic heterocycles.